The topological polar surface area (TPSA) is 95.9 Å². The van der Waals surface area contributed by atoms with E-state index in [1.807, 2.05) is 28.5 Å². The van der Waals surface area contributed by atoms with Crippen LogP contribution in [0.4, 0.5) is 28.9 Å². The summed E-state index contributed by atoms with van der Waals surface area (Å²) in [4.78, 5) is 36.2. The van der Waals surface area contributed by atoms with E-state index in [2.05, 4.69) is 15.1 Å². The largest absolute Gasteiger partial charge is 0.416 e. The number of alkyl halides is 1. The number of fused-ring (bicyclic) bond motifs is 1. The summed E-state index contributed by atoms with van der Waals surface area (Å²) in [5.74, 6) is -2.22. The Bertz CT molecular complexity index is 2280. The molecule has 0 radical (unpaired) electrons. The average Bonchev–Trinajstić information content (AvgIpc) is 3.59. The molecule has 0 N–H and O–H groups in total. The molecule has 0 bridgehead atoms. The van der Waals surface area contributed by atoms with Crippen LogP contribution in [-0.2, 0) is 13.1 Å². The van der Waals surface area contributed by atoms with Crippen molar-refractivity contribution in [3.8, 4) is 22.9 Å². The third-order valence-corrected chi connectivity index (χ3v) is 11.0. The molecule has 3 aliphatic rings. The van der Waals surface area contributed by atoms with Gasteiger partial charge in [0.15, 0.2) is 5.82 Å². The minimum absolute atomic E-state index is 0.0135. The van der Waals surface area contributed by atoms with Gasteiger partial charge in [0.25, 0.3) is 11.8 Å². The molecule has 0 aliphatic carbocycles. The summed E-state index contributed by atoms with van der Waals surface area (Å²) in [5, 5.41) is 7.93. The minimum atomic E-state index is -0.952. The molecular formula is C34H34F4N8O3S. The van der Waals surface area contributed by atoms with Crippen molar-refractivity contribution < 1.29 is 22.0 Å². The van der Waals surface area contributed by atoms with Gasteiger partial charge in [-0.25, -0.2) is 17.6 Å². The Morgan fingerprint density at radius 1 is 0.740 bits per heavy atom. The number of nitrogens with zero attached hydrogens (tertiary/aromatic N) is 8. The number of rotatable bonds is 6. The van der Waals surface area contributed by atoms with Crippen LogP contribution in [0.2, 0.25) is 0 Å². The van der Waals surface area contributed by atoms with Crippen molar-refractivity contribution in [1.82, 2.24) is 29.1 Å². The van der Waals surface area contributed by atoms with Crippen LogP contribution in [0.5, 0.6) is 0 Å². The van der Waals surface area contributed by atoms with E-state index in [1.165, 1.54) is 28.6 Å². The summed E-state index contributed by atoms with van der Waals surface area (Å²) in [6, 6.07) is 2.22. The number of hydrogen-bond donors (Lipinski definition) is 0. The van der Waals surface area contributed by atoms with Crippen LogP contribution in [-0.4, -0.2) is 108 Å². The molecule has 16 heteroatoms. The smallest absolute Gasteiger partial charge is 0.253 e. The van der Waals surface area contributed by atoms with E-state index < -0.39 is 35.0 Å². The van der Waals surface area contributed by atoms with Crippen LogP contribution >= 0.6 is 11.8 Å². The number of aryl methyl sites for hydroxylation is 2. The predicted molar refractivity (Wildman–Crippen MR) is 185 cm³/mol. The number of aromatic nitrogens is 4. The fourth-order valence-electron chi connectivity index (χ4n) is 7.18. The summed E-state index contributed by atoms with van der Waals surface area (Å²) in [6.45, 7) is 4.21. The number of likely N-dealkylation sites (N-methyl/N-ethyl adjacent to an activating group) is 2. The van der Waals surface area contributed by atoms with Gasteiger partial charge < -0.3 is 33.2 Å². The Balaban J connectivity index is 1.22. The Kier molecular flexibility index (Phi) is 8.34. The molecule has 0 saturated carbocycles. The molecule has 0 atom stereocenters. The van der Waals surface area contributed by atoms with Crippen LogP contribution < -0.4 is 20.7 Å². The molecule has 6 heterocycles. The lowest BCUT2D eigenvalue weighted by Crippen LogP contribution is -2.45. The second-order valence-electron chi connectivity index (χ2n) is 13.0. The fraction of sp³-hybridized carbons (Fsp3) is 0.412. The van der Waals surface area contributed by atoms with Gasteiger partial charge in [0, 0.05) is 77.0 Å². The van der Waals surface area contributed by atoms with Gasteiger partial charge in [0.2, 0.25) is 10.9 Å². The molecule has 3 aromatic heterocycles. The number of pyridine rings is 2. The van der Waals surface area contributed by atoms with Gasteiger partial charge in [-0.3, -0.25) is 9.59 Å². The van der Waals surface area contributed by atoms with Gasteiger partial charge in [0.1, 0.15) is 35.1 Å². The highest BCUT2D eigenvalue weighted by molar-refractivity contribution is 7.99. The highest BCUT2D eigenvalue weighted by Crippen LogP contribution is 2.42. The van der Waals surface area contributed by atoms with Crippen molar-refractivity contribution in [3.63, 3.8) is 0 Å². The highest BCUT2D eigenvalue weighted by atomic mass is 32.2. The normalized spacial score (nSPS) is 17.4. The van der Waals surface area contributed by atoms with E-state index in [1.54, 1.807) is 11.1 Å². The molecule has 11 nitrogen and oxygen atoms in total. The van der Waals surface area contributed by atoms with Crippen molar-refractivity contribution in [3.05, 3.63) is 62.4 Å². The third kappa shape index (κ3) is 5.35. The monoisotopic (exact) mass is 710 g/mol. The van der Waals surface area contributed by atoms with Crippen molar-refractivity contribution in [2.24, 2.45) is 0 Å². The predicted octanol–water partition coefficient (Wildman–Crippen LogP) is 4.03. The second-order valence-corrected chi connectivity index (χ2v) is 14.1. The van der Waals surface area contributed by atoms with Crippen LogP contribution in [0, 0.1) is 17.5 Å². The van der Waals surface area contributed by atoms with Gasteiger partial charge in [-0.05, 0) is 26.2 Å². The standard InChI is InChI=1S/C34H34F4N8O3S/c1-41-5-9-43(10-6-41)28-23(36)15-19-26(25(28)38)45(4-3-35)17-21(30(19)47)33-39-40-34(49-33)22-18-46-13-14-50-32-27(46)20(31(22)48)16-24(37)29(32)44-11-7-42(2)8-12-44/h15-18H,3-14H2,1-2H3. The third-order valence-electron chi connectivity index (χ3n) is 9.90. The van der Waals surface area contributed by atoms with Crippen molar-refractivity contribution in [2.75, 3.05) is 88.7 Å². The zero-order chi connectivity index (χ0) is 34.8. The molecule has 2 saturated heterocycles. The van der Waals surface area contributed by atoms with Gasteiger partial charge in [0.05, 0.1) is 38.9 Å². The van der Waals surface area contributed by atoms with Crippen molar-refractivity contribution >= 4 is 44.9 Å². The fourth-order valence-corrected chi connectivity index (χ4v) is 8.40. The minimum Gasteiger partial charge on any atom is -0.416 e. The molecule has 0 spiro atoms. The molecule has 2 aromatic carbocycles. The molecular weight excluding hydrogens is 676 g/mol. The molecule has 3 aliphatic heterocycles. The SMILES string of the molecule is CN1CCN(c2c(F)cc3c(=O)c(-c4nnc(-c5cn6c7c(c(N8CCN(C)CC8)c(F)cc7c5=O)SCC6)o4)cn(CCF)c3c2F)CC1. The zero-order valence-corrected chi connectivity index (χ0v) is 28.3. The molecule has 0 unspecified atom stereocenters. The molecule has 8 rings (SSSR count). The zero-order valence-electron chi connectivity index (χ0n) is 27.5. The maximum absolute atomic E-state index is 16.1. The summed E-state index contributed by atoms with van der Waals surface area (Å²) >= 11 is 1.52. The number of piperazine rings is 2. The number of hydrogen-bond acceptors (Lipinski definition) is 10. The van der Waals surface area contributed by atoms with Crippen LogP contribution in [0.1, 0.15) is 0 Å². The van der Waals surface area contributed by atoms with Crippen molar-refractivity contribution in [2.45, 2.75) is 18.0 Å². The van der Waals surface area contributed by atoms with Gasteiger partial charge >= 0.3 is 0 Å². The molecule has 50 heavy (non-hydrogen) atoms. The first-order chi connectivity index (χ1) is 24.1. The Labute approximate surface area is 287 Å². The Morgan fingerprint density at radius 2 is 1.28 bits per heavy atom. The number of anilines is 2. The first-order valence-electron chi connectivity index (χ1n) is 16.5. The first-order valence-corrected chi connectivity index (χ1v) is 17.5. The van der Waals surface area contributed by atoms with E-state index in [0.717, 1.165) is 19.2 Å². The maximum atomic E-state index is 16.1. The summed E-state index contributed by atoms with van der Waals surface area (Å²) < 4.78 is 70.2. The van der Waals surface area contributed by atoms with E-state index in [0.29, 0.717) is 67.7 Å². The van der Waals surface area contributed by atoms with E-state index in [-0.39, 0.29) is 51.4 Å². The number of thioether (sulfide) groups is 1. The van der Waals surface area contributed by atoms with Gasteiger partial charge in [-0.1, -0.05) is 0 Å². The van der Waals surface area contributed by atoms with Crippen LogP contribution in [0.15, 0.2) is 43.4 Å². The average molecular weight is 711 g/mol. The van der Waals surface area contributed by atoms with Crippen molar-refractivity contribution in [1.29, 1.82) is 0 Å². The lowest BCUT2D eigenvalue weighted by atomic mass is 10.1. The summed E-state index contributed by atoms with van der Waals surface area (Å²) in [6.07, 6.45) is 2.81. The maximum Gasteiger partial charge on any atom is 0.253 e. The summed E-state index contributed by atoms with van der Waals surface area (Å²) in [7, 11) is 3.94. The summed E-state index contributed by atoms with van der Waals surface area (Å²) in [5.41, 5.74) is -0.870. The number of halogens is 4. The number of benzene rings is 2. The highest BCUT2D eigenvalue weighted by Gasteiger charge is 2.30. The lowest BCUT2D eigenvalue weighted by Gasteiger charge is -2.36. The van der Waals surface area contributed by atoms with E-state index >= 15 is 13.2 Å². The van der Waals surface area contributed by atoms with Crippen LogP contribution in [0.3, 0.4) is 0 Å². The van der Waals surface area contributed by atoms with E-state index in [4.69, 9.17) is 4.42 Å². The van der Waals surface area contributed by atoms with Gasteiger partial charge in [-0.15, -0.1) is 22.0 Å². The second kappa shape index (κ2) is 12.7. The lowest BCUT2D eigenvalue weighted by molar-refractivity contribution is 0.310. The van der Waals surface area contributed by atoms with Crippen LogP contribution in [0.25, 0.3) is 44.7 Å². The molecule has 0 amide bonds. The quantitative estimate of drug-likeness (QED) is 0.241. The molecule has 2 fully saturated rings. The Morgan fingerprint density at radius 3 is 1.88 bits per heavy atom. The van der Waals surface area contributed by atoms with Gasteiger partial charge in [-0.2, -0.15) is 0 Å². The first kappa shape index (κ1) is 32.8. The Hall–Kier alpha value is -4.41. The molecule has 262 valence electrons. The molecule has 5 aromatic rings. The van der Waals surface area contributed by atoms with E-state index in [9.17, 15) is 14.0 Å².